The third-order valence-electron chi connectivity index (χ3n) is 6.85. The van der Waals surface area contributed by atoms with Gasteiger partial charge in [-0.15, -0.1) is 0 Å². The molecule has 2 aliphatic heterocycles. The minimum absolute atomic E-state index is 0.252. The van der Waals surface area contributed by atoms with E-state index in [4.69, 9.17) is 9.31 Å². The van der Waals surface area contributed by atoms with E-state index in [1.165, 1.54) is 37.9 Å². The molecule has 0 N–H and O–H groups in total. The third kappa shape index (κ3) is 2.76. The van der Waals surface area contributed by atoms with Gasteiger partial charge in [0.1, 0.15) is 0 Å². The summed E-state index contributed by atoms with van der Waals surface area (Å²) in [5.74, 6) is 0.753. The molecule has 2 unspecified atom stereocenters. The molecular weight excluding hydrogens is 316 g/mol. The van der Waals surface area contributed by atoms with Crippen LogP contribution in [0.4, 0.5) is 0 Å². The van der Waals surface area contributed by atoms with Crippen LogP contribution in [0, 0.1) is 5.41 Å². The molecule has 1 aliphatic carbocycles. The van der Waals surface area contributed by atoms with Crippen molar-refractivity contribution in [2.75, 3.05) is 13.1 Å². The van der Waals surface area contributed by atoms with Gasteiger partial charge in [0.05, 0.1) is 11.2 Å². The number of rotatable bonds is 2. The zero-order valence-corrected chi connectivity index (χ0v) is 16.5. The van der Waals surface area contributed by atoms with Crippen LogP contribution in [0.15, 0.2) is 24.3 Å². The molecule has 3 nitrogen and oxygen atoms in total. The topological polar surface area (TPSA) is 21.7 Å². The predicted molar refractivity (Wildman–Crippen MR) is 102 cm³/mol. The maximum absolute atomic E-state index is 6.16. The molecule has 2 saturated heterocycles. The van der Waals surface area contributed by atoms with E-state index in [0.29, 0.717) is 5.41 Å². The highest BCUT2D eigenvalue weighted by molar-refractivity contribution is 7.13. The molecule has 1 aromatic carbocycles. The second-order valence-corrected chi connectivity index (χ2v) is 9.64. The molecule has 5 heteroatoms. The molecule has 1 saturated carbocycles. The van der Waals surface area contributed by atoms with Gasteiger partial charge in [0.25, 0.3) is 0 Å². The molecule has 4 rings (SSSR count). The van der Waals surface area contributed by atoms with E-state index in [-0.39, 0.29) is 18.3 Å². The number of hydrogen-bond donors (Lipinski definition) is 0. The number of nitrogens with zero attached hydrogens (tertiary/aromatic N) is 1. The summed E-state index contributed by atoms with van der Waals surface area (Å²) in [5.41, 5.74) is 2.66. The van der Waals surface area contributed by atoms with Gasteiger partial charge in [0, 0.05) is 13.1 Å². The molecule has 0 bridgehead atoms. The second-order valence-electron chi connectivity index (χ2n) is 8.91. The highest BCUT2D eigenvalue weighted by atomic mass is 31.0. The van der Waals surface area contributed by atoms with Crippen molar-refractivity contribution in [3.8, 4) is 0 Å². The van der Waals surface area contributed by atoms with Gasteiger partial charge in [-0.25, -0.2) is 0 Å². The molecular formula is C19H29BNO2P. The molecule has 0 amide bonds. The summed E-state index contributed by atoms with van der Waals surface area (Å²) < 4.78 is 14.7. The molecule has 3 aliphatic rings. The van der Waals surface area contributed by atoms with Crippen molar-refractivity contribution in [2.24, 2.45) is 5.41 Å². The summed E-state index contributed by atoms with van der Waals surface area (Å²) in [5, 5.41) is 0. The van der Waals surface area contributed by atoms with Crippen LogP contribution in [0.3, 0.4) is 0 Å². The van der Waals surface area contributed by atoms with E-state index in [0.717, 1.165) is 11.4 Å². The average molecular weight is 345 g/mol. The molecule has 0 aromatic heterocycles. The van der Waals surface area contributed by atoms with Crippen LogP contribution in [-0.4, -0.2) is 36.1 Å². The van der Waals surface area contributed by atoms with E-state index in [1.807, 2.05) is 0 Å². The Kier molecular flexibility index (Phi) is 3.93. The number of piperidine rings is 1. The summed E-state index contributed by atoms with van der Waals surface area (Å²) in [6.45, 7) is 10.9. The quantitative estimate of drug-likeness (QED) is 0.606. The Morgan fingerprint density at radius 1 is 1.00 bits per heavy atom. The first-order chi connectivity index (χ1) is 11.2. The Balaban J connectivity index is 1.45. The van der Waals surface area contributed by atoms with Gasteiger partial charge >= 0.3 is 7.12 Å². The van der Waals surface area contributed by atoms with Crippen LogP contribution in [0.2, 0.25) is 0 Å². The lowest BCUT2D eigenvalue weighted by Crippen LogP contribution is -2.41. The van der Waals surface area contributed by atoms with Crippen molar-refractivity contribution in [2.45, 2.75) is 64.1 Å². The minimum atomic E-state index is -0.275. The lowest BCUT2D eigenvalue weighted by atomic mass is 9.78. The van der Waals surface area contributed by atoms with Gasteiger partial charge in [-0.1, -0.05) is 33.7 Å². The van der Waals surface area contributed by atoms with Gasteiger partial charge in [-0.05, 0) is 69.3 Å². The Morgan fingerprint density at radius 2 is 1.54 bits per heavy atom. The van der Waals surface area contributed by atoms with Crippen LogP contribution in [0.1, 0.15) is 58.4 Å². The Labute approximate surface area is 148 Å². The molecule has 2 heterocycles. The zero-order valence-electron chi connectivity index (χ0n) is 15.3. The van der Waals surface area contributed by atoms with E-state index in [9.17, 15) is 0 Å². The smallest absolute Gasteiger partial charge is 0.399 e. The molecule has 1 spiro atoms. The fourth-order valence-corrected chi connectivity index (χ4v) is 4.46. The van der Waals surface area contributed by atoms with Crippen molar-refractivity contribution >= 4 is 22.0 Å². The normalized spacial score (nSPS) is 30.7. The lowest BCUT2D eigenvalue weighted by Gasteiger charge is -2.32. The van der Waals surface area contributed by atoms with Crippen molar-refractivity contribution in [1.82, 2.24) is 4.67 Å². The summed E-state index contributed by atoms with van der Waals surface area (Å²) in [6.07, 6.45) is 4.03. The summed E-state index contributed by atoms with van der Waals surface area (Å²) in [4.78, 5) is 0. The minimum Gasteiger partial charge on any atom is -0.399 e. The number of benzene rings is 1. The highest BCUT2D eigenvalue weighted by Crippen LogP contribution is 2.65. The molecule has 24 heavy (non-hydrogen) atoms. The number of hydrogen-bond acceptors (Lipinski definition) is 3. The standard InChI is InChI=1S/C19H29BNO2P/c1-17(2)18(3,4)23-20(22-17)15-7-5-14(6-8-15)16-13-19(16)9-11-21(24)12-10-19/h5-8,16H,9-13,24H2,1-4H3. The molecule has 3 fully saturated rings. The van der Waals surface area contributed by atoms with Gasteiger partial charge in [-0.3, -0.25) is 4.67 Å². The molecule has 2 atom stereocenters. The lowest BCUT2D eigenvalue weighted by molar-refractivity contribution is 0.00578. The van der Waals surface area contributed by atoms with E-state index in [2.05, 4.69) is 66.0 Å². The van der Waals surface area contributed by atoms with Gasteiger partial charge in [0.15, 0.2) is 0 Å². The van der Waals surface area contributed by atoms with Crippen molar-refractivity contribution < 1.29 is 9.31 Å². The summed E-state index contributed by atoms with van der Waals surface area (Å²) >= 11 is 0. The van der Waals surface area contributed by atoms with Gasteiger partial charge < -0.3 is 9.31 Å². The van der Waals surface area contributed by atoms with E-state index >= 15 is 0 Å². The summed E-state index contributed by atoms with van der Waals surface area (Å²) in [7, 11) is 2.60. The zero-order chi connectivity index (χ0) is 17.2. The Hall–Kier alpha value is -0.405. The SMILES string of the molecule is CC1(C)OB(c2ccc(C3CC34CCN(P)CC4)cc2)OC1(C)C. The van der Waals surface area contributed by atoms with Crippen LogP contribution in [0.25, 0.3) is 0 Å². The monoisotopic (exact) mass is 345 g/mol. The van der Waals surface area contributed by atoms with E-state index < -0.39 is 0 Å². The fraction of sp³-hybridized carbons (Fsp3) is 0.684. The molecule has 1 aromatic rings. The van der Waals surface area contributed by atoms with Crippen molar-refractivity contribution in [1.29, 1.82) is 0 Å². The van der Waals surface area contributed by atoms with Crippen LogP contribution >= 0.6 is 9.39 Å². The van der Waals surface area contributed by atoms with Crippen LogP contribution in [-0.2, 0) is 9.31 Å². The van der Waals surface area contributed by atoms with Gasteiger partial charge in [0.2, 0.25) is 0 Å². The molecule has 0 radical (unpaired) electrons. The molecule has 130 valence electrons. The third-order valence-corrected chi connectivity index (χ3v) is 7.36. The maximum Gasteiger partial charge on any atom is 0.494 e. The Bertz CT molecular complexity index is 607. The van der Waals surface area contributed by atoms with Crippen LogP contribution < -0.4 is 5.46 Å². The van der Waals surface area contributed by atoms with Crippen molar-refractivity contribution in [3.05, 3.63) is 29.8 Å². The first kappa shape index (κ1) is 17.0. The predicted octanol–water partition coefficient (Wildman–Crippen LogP) is 3.35. The van der Waals surface area contributed by atoms with Crippen LogP contribution in [0.5, 0.6) is 0 Å². The largest absolute Gasteiger partial charge is 0.494 e. The first-order valence-electron chi connectivity index (χ1n) is 9.18. The average Bonchev–Trinajstić information content (AvgIpc) is 3.17. The summed E-state index contributed by atoms with van der Waals surface area (Å²) in [6, 6.07) is 9.00. The second kappa shape index (κ2) is 5.54. The fourth-order valence-electron chi connectivity index (χ4n) is 4.21. The maximum atomic E-state index is 6.16. The Morgan fingerprint density at radius 3 is 2.08 bits per heavy atom. The van der Waals surface area contributed by atoms with Gasteiger partial charge in [-0.2, -0.15) is 0 Å². The first-order valence-corrected chi connectivity index (χ1v) is 9.69. The van der Waals surface area contributed by atoms with E-state index in [1.54, 1.807) is 0 Å². The highest BCUT2D eigenvalue weighted by Gasteiger charge is 2.55. The van der Waals surface area contributed by atoms with Crippen molar-refractivity contribution in [3.63, 3.8) is 0 Å².